The molecule has 2 N–H and O–H groups in total. The Bertz CT molecular complexity index is 916. The Morgan fingerprint density at radius 1 is 1.28 bits per heavy atom. The highest BCUT2D eigenvalue weighted by Gasteiger charge is 2.27. The Morgan fingerprint density at radius 2 is 2.03 bits per heavy atom. The van der Waals surface area contributed by atoms with Gasteiger partial charge in [0.2, 0.25) is 5.75 Å². The number of nitrogens with one attached hydrogen (secondary N) is 1. The molecule has 3 heterocycles. The Labute approximate surface area is 187 Å². The number of likely N-dealkylation sites (tertiary alicyclic amines) is 1. The van der Waals surface area contributed by atoms with Crippen LogP contribution in [0.25, 0.3) is 0 Å². The van der Waals surface area contributed by atoms with Crippen LogP contribution >= 0.6 is 0 Å². The lowest BCUT2D eigenvalue weighted by Crippen LogP contribution is -2.42. The summed E-state index contributed by atoms with van der Waals surface area (Å²) >= 11 is 0. The molecule has 0 unspecified atom stereocenters. The van der Waals surface area contributed by atoms with Gasteiger partial charge in [0.25, 0.3) is 5.88 Å². The summed E-state index contributed by atoms with van der Waals surface area (Å²) in [5.41, 5.74) is 2.37. The van der Waals surface area contributed by atoms with E-state index in [2.05, 4.69) is 20.3 Å². The summed E-state index contributed by atoms with van der Waals surface area (Å²) in [5.74, 6) is 1.19. The number of methoxy groups -OCH3 is 1. The standard InChI is InChI=1S/C22H31N5O5/c1-5-15-10-16(12-28)23-11-18(15)26-20-19(30-4)21(25-13-24-20)32-17-6-8-27(9-7-17)22(29)31-14(2)3/h10-11,13-14,17,28H,5-9,12H2,1-4H3,(H,24,25,26). The van der Waals surface area contributed by atoms with Gasteiger partial charge in [0.15, 0.2) is 5.82 Å². The quantitative estimate of drug-likeness (QED) is 0.632. The van der Waals surface area contributed by atoms with Crippen LogP contribution in [0.2, 0.25) is 0 Å². The molecule has 174 valence electrons. The molecule has 2 aromatic heterocycles. The van der Waals surface area contributed by atoms with Crippen LogP contribution in [0.5, 0.6) is 11.6 Å². The average molecular weight is 446 g/mol. The predicted molar refractivity (Wildman–Crippen MR) is 118 cm³/mol. The first kappa shape index (κ1) is 23.5. The van der Waals surface area contributed by atoms with Crippen LogP contribution in [0, 0.1) is 0 Å². The zero-order chi connectivity index (χ0) is 23.1. The normalized spacial score (nSPS) is 14.4. The first-order valence-corrected chi connectivity index (χ1v) is 10.8. The molecule has 0 aliphatic carbocycles. The smallest absolute Gasteiger partial charge is 0.410 e. The molecule has 10 heteroatoms. The second-order valence-electron chi connectivity index (χ2n) is 7.77. The molecule has 1 fully saturated rings. The van der Waals surface area contributed by atoms with Crippen LogP contribution in [0.3, 0.4) is 0 Å². The number of nitrogens with zero attached hydrogens (tertiary/aromatic N) is 4. The number of anilines is 2. The number of aliphatic hydroxyl groups excluding tert-OH is 1. The van der Waals surface area contributed by atoms with E-state index in [0.29, 0.717) is 49.1 Å². The molecule has 2 aromatic rings. The number of carbonyl (C=O) groups is 1. The summed E-state index contributed by atoms with van der Waals surface area (Å²) in [6, 6.07) is 1.85. The number of amides is 1. The lowest BCUT2D eigenvalue weighted by Gasteiger charge is -2.31. The SMILES string of the molecule is CCc1cc(CO)ncc1Nc1ncnc(OC2CCN(C(=O)OC(C)C)CC2)c1OC. The van der Waals surface area contributed by atoms with Gasteiger partial charge in [-0.1, -0.05) is 6.92 Å². The molecule has 32 heavy (non-hydrogen) atoms. The van der Waals surface area contributed by atoms with Gasteiger partial charge in [-0.15, -0.1) is 0 Å². The van der Waals surface area contributed by atoms with Crippen molar-refractivity contribution in [2.24, 2.45) is 0 Å². The van der Waals surface area contributed by atoms with E-state index in [0.717, 1.165) is 17.7 Å². The molecule has 0 aromatic carbocycles. The van der Waals surface area contributed by atoms with Crippen LogP contribution in [0.4, 0.5) is 16.3 Å². The van der Waals surface area contributed by atoms with Crippen molar-refractivity contribution in [2.75, 3.05) is 25.5 Å². The summed E-state index contributed by atoms with van der Waals surface area (Å²) in [6.45, 7) is 6.68. The fraction of sp³-hybridized carbons (Fsp3) is 0.545. The summed E-state index contributed by atoms with van der Waals surface area (Å²) in [6.07, 6.45) is 4.62. The minimum absolute atomic E-state index is 0.105. The molecule has 1 amide bonds. The van der Waals surface area contributed by atoms with Crippen molar-refractivity contribution in [3.05, 3.63) is 29.8 Å². The van der Waals surface area contributed by atoms with Gasteiger partial charge in [-0.25, -0.2) is 9.78 Å². The maximum atomic E-state index is 12.1. The van der Waals surface area contributed by atoms with Crippen LogP contribution in [0.1, 0.15) is 44.9 Å². The average Bonchev–Trinajstić information content (AvgIpc) is 2.79. The van der Waals surface area contributed by atoms with E-state index in [4.69, 9.17) is 14.2 Å². The number of carbonyl (C=O) groups excluding carboxylic acids is 1. The molecule has 1 saturated heterocycles. The largest absolute Gasteiger partial charge is 0.489 e. The van der Waals surface area contributed by atoms with Crippen molar-refractivity contribution in [1.29, 1.82) is 0 Å². The van der Waals surface area contributed by atoms with Crippen molar-refractivity contribution in [3.63, 3.8) is 0 Å². The second-order valence-corrected chi connectivity index (χ2v) is 7.77. The molecular weight excluding hydrogens is 414 g/mol. The van der Waals surface area contributed by atoms with Crippen LogP contribution in [-0.2, 0) is 17.8 Å². The number of rotatable bonds is 8. The molecule has 1 aliphatic rings. The number of aliphatic hydroxyl groups is 1. The van der Waals surface area contributed by atoms with Gasteiger partial charge < -0.3 is 29.5 Å². The first-order chi connectivity index (χ1) is 15.4. The highest BCUT2D eigenvalue weighted by molar-refractivity contribution is 5.68. The zero-order valence-corrected chi connectivity index (χ0v) is 19.0. The minimum atomic E-state index is -0.294. The molecule has 0 bridgehead atoms. The van der Waals surface area contributed by atoms with Gasteiger partial charge in [-0.05, 0) is 31.9 Å². The predicted octanol–water partition coefficient (Wildman–Crippen LogP) is 3.07. The van der Waals surface area contributed by atoms with E-state index in [-0.39, 0.29) is 24.9 Å². The number of hydrogen-bond acceptors (Lipinski definition) is 9. The van der Waals surface area contributed by atoms with E-state index >= 15 is 0 Å². The Kier molecular flexibility index (Phi) is 8.04. The monoisotopic (exact) mass is 445 g/mol. The number of piperidine rings is 1. The molecule has 0 spiro atoms. The van der Waals surface area contributed by atoms with E-state index in [1.165, 1.54) is 13.4 Å². The van der Waals surface area contributed by atoms with E-state index < -0.39 is 0 Å². The molecule has 1 aliphatic heterocycles. The molecule has 0 radical (unpaired) electrons. The molecular formula is C22H31N5O5. The van der Waals surface area contributed by atoms with Crippen LogP contribution in [-0.4, -0.2) is 63.5 Å². The third kappa shape index (κ3) is 5.76. The Morgan fingerprint density at radius 3 is 2.66 bits per heavy atom. The third-order valence-electron chi connectivity index (χ3n) is 5.13. The minimum Gasteiger partial charge on any atom is -0.489 e. The molecule has 3 rings (SSSR count). The number of hydrogen-bond donors (Lipinski definition) is 2. The van der Waals surface area contributed by atoms with Crippen molar-refractivity contribution in [3.8, 4) is 11.6 Å². The summed E-state index contributed by atoms with van der Waals surface area (Å²) in [5, 5.41) is 12.6. The fourth-order valence-electron chi connectivity index (χ4n) is 3.47. The number of aromatic nitrogens is 3. The van der Waals surface area contributed by atoms with Gasteiger partial charge in [0.1, 0.15) is 12.4 Å². The summed E-state index contributed by atoms with van der Waals surface area (Å²) in [7, 11) is 1.54. The van der Waals surface area contributed by atoms with Crippen molar-refractivity contribution < 1.29 is 24.1 Å². The molecule has 0 atom stereocenters. The van der Waals surface area contributed by atoms with Crippen LogP contribution < -0.4 is 14.8 Å². The summed E-state index contributed by atoms with van der Waals surface area (Å²) < 4.78 is 16.9. The number of pyridine rings is 1. The van der Waals surface area contributed by atoms with Crippen molar-refractivity contribution >= 4 is 17.6 Å². The fourth-order valence-corrected chi connectivity index (χ4v) is 3.47. The lowest BCUT2D eigenvalue weighted by atomic mass is 10.1. The Balaban J connectivity index is 1.70. The van der Waals surface area contributed by atoms with Gasteiger partial charge >= 0.3 is 6.09 Å². The van der Waals surface area contributed by atoms with Gasteiger partial charge in [-0.3, -0.25) is 4.98 Å². The summed E-state index contributed by atoms with van der Waals surface area (Å²) in [4.78, 5) is 26.6. The van der Waals surface area contributed by atoms with Crippen LogP contribution in [0.15, 0.2) is 18.6 Å². The van der Waals surface area contributed by atoms with Gasteiger partial charge in [0.05, 0.1) is 37.4 Å². The highest BCUT2D eigenvalue weighted by atomic mass is 16.6. The van der Waals surface area contributed by atoms with E-state index in [1.54, 1.807) is 11.1 Å². The van der Waals surface area contributed by atoms with E-state index in [9.17, 15) is 9.90 Å². The second kappa shape index (κ2) is 10.9. The Hall–Kier alpha value is -3.14. The first-order valence-electron chi connectivity index (χ1n) is 10.8. The van der Waals surface area contributed by atoms with Crippen molar-refractivity contribution in [2.45, 2.75) is 58.8 Å². The maximum Gasteiger partial charge on any atom is 0.410 e. The molecule has 0 saturated carbocycles. The lowest BCUT2D eigenvalue weighted by molar-refractivity contribution is 0.0500. The highest BCUT2D eigenvalue weighted by Crippen LogP contribution is 2.35. The van der Waals surface area contributed by atoms with Gasteiger partial charge in [0, 0.05) is 25.9 Å². The number of ether oxygens (including phenoxy) is 3. The third-order valence-corrected chi connectivity index (χ3v) is 5.13. The molecule has 10 nitrogen and oxygen atoms in total. The topological polar surface area (TPSA) is 119 Å². The van der Waals surface area contributed by atoms with Gasteiger partial charge in [-0.2, -0.15) is 4.98 Å². The number of aryl methyl sites for hydroxylation is 1. The van der Waals surface area contributed by atoms with E-state index in [1.807, 2.05) is 26.8 Å². The zero-order valence-electron chi connectivity index (χ0n) is 19.0. The van der Waals surface area contributed by atoms with Crippen molar-refractivity contribution in [1.82, 2.24) is 19.9 Å². The maximum absolute atomic E-state index is 12.1.